The summed E-state index contributed by atoms with van der Waals surface area (Å²) in [6.45, 7) is 0.669. The molecule has 1 saturated heterocycles. The molecule has 0 unspecified atom stereocenters. The summed E-state index contributed by atoms with van der Waals surface area (Å²) in [6.07, 6.45) is -1.59. The van der Waals surface area contributed by atoms with Crippen molar-refractivity contribution in [3.63, 3.8) is 0 Å². The Balaban J connectivity index is 1.59. The first-order valence-corrected chi connectivity index (χ1v) is 11.9. The van der Waals surface area contributed by atoms with E-state index < -0.39 is 35.9 Å². The van der Waals surface area contributed by atoms with Crippen molar-refractivity contribution in [1.82, 2.24) is 10.2 Å². The van der Waals surface area contributed by atoms with Gasteiger partial charge in [-0.05, 0) is 59.7 Å². The van der Waals surface area contributed by atoms with Gasteiger partial charge in [0.15, 0.2) is 12.1 Å². The molecule has 0 radical (unpaired) electrons. The van der Waals surface area contributed by atoms with Gasteiger partial charge < -0.3 is 20.1 Å². The lowest BCUT2D eigenvalue weighted by atomic mass is 10.00. The maximum Gasteiger partial charge on any atom is 0.411 e. The van der Waals surface area contributed by atoms with Gasteiger partial charge in [-0.1, -0.05) is 35.9 Å². The van der Waals surface area contributed by atoms with Crippen molar-refractivity contribution < 1.29 is 28.2 Å². The molecule has 1 heterocycles. The minimum absolute atomic E-state index is 0.110. The number of carbonyl (C=O) groups is 3. The van der Waals surface area contributed by atoms with Crippen LogP contribution in [-0.2, 0) is 20.8 Å². The molecule has 1 aliphatic rings. The monoisotopic (exact) mass is 525 g/mol. The highest BCUT2D eigenvalue weighted by atomic mass is 35.5. The number of nitrogens with one attached hydrogen (secondary N) is 2. The third kappa shape index (κ3) is 6.44. The fourth-order valence-electron chi connectivity index (χ4n) is 4.02. The number of rotatable bonds is 9. The fourth-order valence-corrected chi connectivity index (χ4v) is 4.23. The summed E-state index contributed by atoms with van der Waals surface area (Å²) < 4.78 is 23.9. The number of benzene rings is 3. The quantitative estimate of drug-likeness (QED) is 0.399. The molecule has 8 nitrogen and oxygen atoms in total. The second kappa shape index (κ2) is 11.9. The first-order chi connectivity index (χ1) is 17.9. The van der Waals surface area contributed by atoms with Gasteiger partial charge in [0.25, 0.3) is 5.91 Å². The van der Waals surface area contributed by atoms with E-state index in [-0.39, 0.29) is 18.7 Å². The molecule has 192 valence electrons. The van der Waals surface area contributed by atoms with Gasteiger partial charge in [-0.3, -0.25) is 14.5 Å². The van der Waals surface area contributed by atoms with Gasteiger partial charge in [-0.15, -0.1) is 0 Å². The Kier molecular flexibility index (Phi) is 8.37. The second-order valence-corrected chi connectivity index (χ2v) is 8.81. The SMILES string of the molecule is COCCNC(=O)[C@H]1[C@@H](c2cccc(NC(=O)c3ccc(F)cc3)c2)OC(=O)N1Cc1cccc(Cl)c1. The summed E-state index contributed by atoms with van der Waals surface area (Å²) in [6, 6.07) is 17.9. The topological polar surface area (TPSA) is 97.0 Å². The lowest BCUT2D eigenvalue weighted by Gasteiger charge is -2.24. The highest BCUT2D eigenvalue weighted by Gasteiger charge is 2.47. The van der Waals surface area contributed by atoms with E-state index in [1.807, 2.05) is 0 Å². The normalized spacial score (nSPS) is 16.8. The summed E-state index contributed by atoms with van der Waals surface area (Å²) >= 11 is 6.10. The van der Waals surface area contributed by atoms with Gasteiger partial charge >= 0.3 is 6.09 Å². The van der Waals surface area contributed by atoms with Crippen LogP contribution in [0.15, 0.2) is 72.8 Å². The van der Waals surface area contributed by atoms with Crippen LogP contribution in [0, 0.1) is 5.82 Å². The molecule has 0 saturated carbocycles. The maximum atomic E-state index is 13.2. The third-order valence-electron chi connectivity index (χ3n) is 5.78. The molecule has 4 rings (SSSR count). The standard InChI is InChI=1S/C27H25ClFN3O5/c1-36-13-12-30-26(34)23-24(37-27(35)32(23)16-17-4-2-6-20(28)14-17)19-5-3-7-22(15-19)31-25(33)18-8-10-21(29)11-9-18/h2-11,14-15,23-24H,12-13,16H2,1H3,(H,30,34)(H,31,33)/t23-,24-/m1/s1. The highest BCUT2D eigenvalue weighted by molar-refractivity contribution is 6.30. The maximum absolute atomic E-state index is 13.2. The number of anilines is 1. The molecule has 0 spiro atoms. The molecule has 3 aromatic carbocycles. The molecular formula is C27H25ClFN3O5. The van der Waals surface area contributed by atoms with Crippen LogP contribution in [0.3, 0.4) is 0 Å². The fraction of sp³-hybridized carbons (Fsp3) is 0.222. The van der Waals surface area contributed by atoms with Crippen molar-refractivity contribution in [3.8, 4) is 0 Å². The summed E-state index contributed by atoms with van der Waals surface area (Å²) in [5, 5.41) is 6.04. The minimum atomic E-state index is -0.980. The van der Waals surface area contributed by atoms with Gasteiger partial charge in [0.2, 0.25) is 5.91 Å². The van der Waals surface area contributed by atoms with Crippen molar-refractivity contribution >= 4 is 35.2 Å². The van der Waals surface area contributed by atoms with Crippen LogP contribution < -0.4 is 10.6 Å². The van der Waals surface area contributed by atoms with E-state index in [2.05, 4.69) is 10.6 Å². The lowest BCUT2D eigenvalue weighted by Crippen LogP contribution is -2.47. The third-order valence-corrected chi connectivity index (χ3v) is 6.02. The number of methoxy groups -OCH3 is 1. The van der Waals surface area contributed by atoms with Gasteiger partial charge in [0, 0.05) is 29.9 Å². The minimum Gasteiger partial charge on any atom is -0.438 e. The van der Waals surface area contributed by atoms with Crippen LogP contribution in [0.25, 0.3) is 0 Å². The second-order valence-electron chi connectivity index (χ2n) is 8.38. The highest BCUT2D eigenvalue weighted by Crippen LogP contribution is 2.35. The summed E-state index contributed by atoms with van der Waals surface area (Å²) in [5.74, 6) is -1.29. The van der Waals surface area contributed by atoms with E-state index in [9.17, 15) is 18.8 Å². The van der Waals surface area contributed by atoms with Crippen LogP contribution in [-0.4, -0.2) is 49.1 Å². The number of ether oxygens (including phenoxy) is 2. The molecule has 3 aromatic rings. The van der Waals surface area contributed by atoms with E-state index in [4.69, 9.17) is 21.1 Å². The summed E-state index contributed by atoms with van der Waals surface area (Å²) in [5.41, 5.74) is 1.96. The molecule has 1 fully saturated rings. The van der Waals surface area contributed by atoms with Crippen molar-refractivity contribution in [2.24, 2.45) is 0 Å². The average molecular weight is 526 g/mol. The average Bonchev–Trinajstić information content (AvgIpc) is 3.20. The van der Waals surface area contributed by atoms with Crippen molar-refractivity contribution in [1.29, 1.82) is 0 Å². The molecule has 1 aliphatic heterocycles. The number of hydrogen-bond acceptors (Lipinski definition) is 5. The Morgan fingerprint density at radius 2 is 1.84 bits per heavy atom. The Morgan fingerprint density at radius 3 is 2.57 bits per heavy atom. The van der Waals surface area contributed by atoms with E-state index in [0.29, 0.717) is 22.9 Å². The molecular weight excluding hydrogens is 501 g/mol. The molecule has 0 aliphatic carbocycles. The van der Waals surface area contributed by atoms with Crippen molar-refractivity contribution in [3.05, 3.63) is 100 Å². The molecule has 37 heavy (non-hydrogen) atoms. The molecule has 2 atom stereocenters. The Hall–Kier alpha value is -3.95. The van der Waals surface area contributed by atoms with Gasteiger partial charge in [-0.25, -0.2) is 9.18 Å². The van der Waals surface area contributed by atoms with Gasteiger partial charge in [-0.2, -0.15) is 0 Å². The van der Waals surface area contributed by atoms with Gasteiger partial charge in [0.1, 0.15) is 5.82 Å². The molecule has 10 heteroatoms. The van der Waals surface area contributed by atoms with E-state index in [1.165, 1.54) is 36.3 Å². The van der Waals surface area contributed by atoms with E-state index >= 15 is 0 Å². The first-order valence-electron chi connectivity index (χ1n) is 11.5. The molecule has 3 amide bonds. The van der Waals surface area contributed by atoms with Crippen LogP contribution in [0.2, 0.25) is 5.02 Å². The molecule has 2 N–H and O–H groups in total. The molecule has 0 bridgehead atoms. The molecule has 0 aromatic heterocycles. The van der Waals surface area contributed by atoms with Crippen molar-refractivity contribution in [2.75, 3.05) is 25.6 Å². The zero-order chi connectivity index (χ0) is 26.4. The Bertz CT molecular complexity index is 1290. The van der Waals surface area contributed by atoms with Crippen molar-refractivity contribution in [2.45, 2.75) is 18.7 Å². The number of cyclic esters (lactones) is 1. The predicted octanol–water partition coefficient (Wildman–Crippen LogP) is 4.56. The predicted molar refractivity (Wildman–Crippen MR) is 136 cm³/mol. The number of halogens is 2. The zero-order valence-electron chi connectivity index (χ0n) is 19.9. The smallest absolute Gasteiger partial charge is 0.411 e. The number of carbonyl (C=O) groups excluding carboxylic acids is 3. The van der Waals surface area contributed by atoms with Crippen LogP contribution in [0.1, 0.15) is 27.6 Å². The Labute approximate surface area is 218 Å². The van der Waals surface area contributed by atoms with Crippen LogP contribution in [0.5, 0.6) is 0 Å². The first kappa shape index (κ1) is 26.1. The summed E-state index contributed by atoms with van der Waals surface area (Å²) in [7, 11) is 1.52. The number of nitrogens with zero attached hydrogens (tertiary/aromatic N) is 1. The lowest BCUT2D eigenvalue weighted by molar-refractivity contribution is -0.126. The van der Waals surface area contributed by atoms with Crippen LogP contribution >= 0.6 is 11.6 Å². The van der Waals surface area contributed by atoms with E-state index in [0.717, 1.165) is 5.56 Å². The number of amides is 3. The summed E-state index contributed by atoms with van der Waals surface area (Å²) in [4.78, 5) is 40.1. The Morgan fingerprint density at radius 1 is 1.08 bits per heavy atom. The van der Waals surface area contributed by atoms with Gasteiger partial charge in [0.05, 0.1) is 13.2 Å². The number of hydrogen-bond donors (Lipinski definition) is 2. The largest absolute Gasteiger partial charge is 0.438 e. The van der Waals surface area contributed by atoms with E-state index in [1.54, 1.807) is 48.5 Å². The van der Waals surface area contributed by atoms with Crippen LogP contribution in [0.4, 0.5) is 14.9 Å². The zero-order valence-corrected chi connectivity index (χ0v) is 20.7.